The van der Waals surface area contributed by atoms with E-state index in [2.05, 4.69) is 0 Å². The molecule has 3 nitrogen and oxygen atoms in total. The van der Waals surface area contributed by atoms with Crippen LogP contribution in [0.5, 0.6) is 5.75 Å². The first-order chi connectivity index (χ1) is 5.79. The third-order valence-corrected chi connectivity index (χ3v) is 3.31. The van der Waals surface area contributed by atoms with Gasteiger partial charge in [0.1, 0.15) is 5.75 Å². The molecule has 66 valence electrons. The Balaban J connectivity index is 2.92. The van der Waals surface area contributed by atoms with Crippen molar-refractivity contribution in [3.63, 3.8) is 0 Å². The van der Waals surface area contributed by atoms with Crippen LogP contribution in [0.1, 0.15) is 0 Å². The van der Waals surface area contributed by atoms with Crippen LogP contribution < -0.4 is 5.30 Å². The standard InChI is InChI=1S/C8H11O3P/c9-5-12(6-10)8-4-2-1-3-7(8)11/h1-4,9-11H,5-6H2. The summed E-state index contributed by atoms with van der Waals surface area (Å²) in [6, 6.07) is 6.75. The monoisotopic (exact) mass is 186 g/mol. The molecule has 0 atom stereocenters. The molecule has 0 saturated carbocycles. The van der Waals surface area contributed by atoms with E-state index in [1.165, 1.54) is 0 Å². The number of phenols is 1. The average Bonchev–Trinajstić information content (AvgIpc) is 2.10. The molecular weight excluding hydrogens is 175 g/mol. The van der Waals surface area contributed by atoms with Gasteiger partial charge < -0.3 is 15.3 Å². The number of hydrogen-bond acceptors (Lipinski definition) is 3. The molecular formula is C8H11O3P. The zero-order valence-electron chi connectivity index (χ0n) is 6.51. The minimum absolute atomic E-state index is 0.0938. The Kier molecular flexibility index (Phi) is 3.48. The highest BCUT2D eigenvalue weighted by Crippen LogP contribution is 2.34. The lowest BCUT2D eigenvalue weighted by Gasteiger charge is -2.12. The lowest BCUT2D eigenvalue weighted by atomic mass is 10.3. The molecule has 0 aromatic heterocycles. The van der Waals surface area contributed by atoms with Crippen molar-refractivity contribution in [2.75, 3.05) is 12.7 Å². The number of benzene rings is 1. The van der Waals surface area contributed by atoms with Crippen molar-refractivity contribution in [2.45, 2.75) is 0 Å². The van der Waals surface area contributed by atoms with Gasteiger partial charge in [-0.25, -0.2) is 0 Å². The SMILES string of the molecule is OCP(CO)c1ccccc1O. The normalized spacial score (nSPS) is 10.6. The van der Waals surface area contributed by atoms with Gasteiger partial charge >= 0.3 is 0 Å². The molecule has 0 radical (unpaired) electrons. The summed E-state index contributed by atoms with van der Waals surface area (Å²) < 4.78 is 0. The van der Waals surface area contributed by atoms with E-state index in [0.29, 0.717) is 5.30 Å². The van der Waals surface area contributed by atoms with Gasteiger partial charge in [0.15, 0.2) is 0 Å². The summed E-state index contributed by atoms with van der Waals surface area (Å²) in [4.78, 5) is 0. The van der Waals surface area contributed by atoms with Gasteiger partial charge in [0.05, 0.1) is 12.7 Å². The number of para-hydroxylation sites is 1. The van der Waals surface area contributed by atoms with Gasteiger partial charge in [0.25, 0.3) is 0 Å². The van der Waals surface area contributed by atoms with Crippen molar-refractivity contribution in [3.05, 3.63) is 24.3 Å². The van der Waals surface area contributed by atoms with E-state index in [-0.39, 0.29) is 18.4 Å². The third-order valence-electron chi connectivity index (χ3n) is 1.56. The second-order valence-electron chi connectivity index (χ2n) is 2.31. The molecule has 0 aliphatic carbocycles. The average molecular weight is 186 g/mol. The lowest BCUT2D eigenvalue weighted by Crippen LogP contribution is -2.06. The van der Waals surface area contributed by atoms with Crippen LogP contribution in [-0.2, 0) is 0 Å². The molecule has 1 rings (SSSR count). The summed E-state index contributed by atoms with van der Waals surface area (Å²) in [5, 5.41) is 27.7. The number of hydrogen-bond donors (Lipinski definition) is 3. The molecule has 0 spiro atoms. The summed E-state index contributed by atoms with van der Waals surface area (Å²) in [5.74, 6) is 0.145. The van der Waals surface area contributed by atoms with Crippen molar-refractivity contribution in [1.29, 1.82) is 0 Å². The Hall–Kier alpha value is -0.630. The largest absolute Gasteiger partial charge is 0.507 e. The molecule has 1 aromatic carbocycles. The number of aliphatic hydroxyl groups excluding tert-OH is 2. The van der Waals surface area contributed by atoms with Gasteiger partial charge in [-0.3, -0.25) is 0 Å². The van der Waals surface area contributed by atoms with E-state index in [4.69, 9.17) is 10.2 Å². The van der Waals surface area contributed by atoms with Gasteiger partial charge in [-0.2, -0.15) is 0 Å². The fourth-order valence-electron chi connectivity index (χ4n) is 0.929. The molecule has 0 fully saturated rings. The molecule has 4 heteroatoms. The van der Waals surface area contributed by atoms with Crippen LogP contribution in [-0.4, -0.2) is 28.0 Å². The summed E-state index contributed by atoms with van der Waals surface area (Å²) >= 11 is 0. The number of aliphatic hydroxyl groups is 2. The molecule has 0 bridgehead atoms. The van der Waals surface area contributed by atoms with E-state index in [1.54, 1.807) is 24.3 Å². The number of phenolic OH excluding ortho intramolecular Hbond substituents is 1. The summed E-state index contributed by atoms with van der Waals surface area (Å²) in [6.45, 7) is 0. The highest BCUT2D eigenvalue weighted by molar-refractivity contribution is 7.65. The zero-order valence-corrected chi connectivity index (χ0v) is 7.41. The van der Waals surface area contributed by atoms with E-state index >= 15 is 0 Å². The van der Waals surface area contributed by atoms with Crippen molar-refractivity contribution in [2.24, 2.45) is 0 Å². The Morgan fingerprint density at radius 3 is 2.17 bits per heavy atom. The molecule has 0 saturated heterocycles. The van der Waals surface area contributed by atoms with Crippen LogP contribution in [0, 0.1) is 0 Å². The topological polar surface area (TPSA) is 60.7 Å². The van der Waals surface area contributed by atoms with Gasteiger partial charge in [-0.05, 0) is 14.0 Å². The second-order valence-corrected chi connectivity index (χ2v) is 4.44. The molecule has 12 heavy (non-hydrogen) atoms. The van der Waals surface area contributed by atoms with E-state index in [9.17, 15) is 5.11 Å². The first-order valence-electron chi connectivity index (χ1n) is 3.54. The quantitative estimate of drug-likeness (QED) is 0.599. The van der Waals surface area contributed by atoms with Crippen molar-refractivity contribution >= 4 is 13.2 Å². The van der Waals surface area contributed by atoms with Crippen LogP contribution in [0.25, 0.3) is 0 Å². The molecule has 0 unspecified atom stereocenters. The zero-order chi connectivity index (χ0) is 8.97. The maximum Gasteiger partial charge on any atom is 0.123 e. The van der Waals surface area contributed by atoms with E-state index < -0.39 is 7.92 Å². The minimum Gasteiger partial charge on any atom is -0.507 e. The van der Waals surface area contributed by atoms with E-state index in [0.717, 1.165) is 0 Å². The predicted octanol–water partition coefficient (Wildman–Crippen LogP) is 0.399. The summed E-state index contributed by atoms with van der Waals surface area (Å²) in [5.41, 5.74) is 0. The summed E-state index contributed by atoms with van der Waals surface area (Å²) in [6.07, 6.45) is -0.188. The highest BCUT2D eigenvalue weighted by atomic mass is 31.1. The molecule has 3 N–H and O–H groups in total. The Morgan fingerprint density at radius 2 is 1.67 bits per heavy atom. The van der Waals surface area contributed by atoms with Gasteiger partial charge in [-0.1, -0.05) is 18.2 Å². The maximum absolute atomic E-state index is 9.34. The van der Waals surface area contributed by atoms with Gasteiger partial charge in [0.2, 0.25) is 0 Å². The Labute approximate surface area is 72.0 Å². The van der Waals surface area contributed by atoms with Crippen LogP contribution in [0.2, 0.25) is 0 Å². The third kappa shape index (κ3) is 1.95. The highest BCUT2D eigenvalue weighted by Gasteiger charge is 2.11. The van der Waals surface area contributed by atoms with Crippen LogP contribution >= 0.6 is 7.92 Å². The molecule has 0 aliphatic rings. The fraction of sp³-hybridized carbons (Fsp3) is 0.250. The van der Waals surface area contributed by atoms with Gasteiger partial charge in [-0.15, -0.1) is 0 Å². The fourth-order valence-corrected chi connectivity index (χ4v) is 2.02. The Bertz CT molecular complexity index is 248. The molecule has 0 aliphatic heterocycles. The first kappa shape index (κ1) is 9.46. The molecule has 1 aromatic rings. The minimum atomic E-state index is -1.01. The van der Waals surface area contributed by atoms with Crippen LogP contribution in [0.3, 0.4) is 0 Å². The van der Waals surface area contributed by atoms with Crippen molar-refractivity contribution < 1.29 is 15.3 Å². The predicted molar refractivity (Wildman–Crippen MR) is 48.8 cm³/mol. The molecule has 0 amide bonds. The Morgan fingerprint density at radius 1 is 1.08 bits per heavy atom. The molecule has 0 heterocycles. The van der Waals surface area contributed by atoms with Crippen molar-refractivity contribution in [3.8, 4) is 5.75 Å². The van der Waals surface area contributed by atoms with Crippen LogP contribution in [0.4, 0.5) is 0 Å². The number of aromatic hydroxyl groups is 1. The maximum atomic E-state index is 9.34. The number of rotatable bonds is 3. The second kappa shape index (κ2) is 4.41. The summed E-state index contributed by atoms with van der Waals surface area (Å²) in [7, 11) is -1.01. The first-order valence-corrected chi connectivity index (χ1v) is 5.25. The van der Waals surface area contributed by atoms with Crippen LogP contribution in [0.15, 0.2) is 24.3 Å². The van der Waals surface area contributed by atoms with E-state index in [1.807, 2.05) is 0 Å². The van der Waals surface area contributed by atoms with Gasteiger partial charge in [0, 0.05) is 5.30 Å². The van der Waals surface area contributed by atoms with Crippen molar-refractivity contribution in [1.82, 2.24) is 0 Å². The smallest absolute Gasteiger partial charge is 0.123 e. The lowest BCUT2D eigenvalue weighted by molar-refractivity contribution is 0.345.